The predicted octanol–water partition coefficient (Wildman–Crippen LogP) is 13.7. The van der Waals surface area contributed by atoms with E-state index >= 15 is 0 Å². The summed E-state index contributed by atoms with van der Waals surface area (Å²) in [5.41, 5.74) is 25.8. The van der Waals surface area contributed by atoms with Crippen molar-refractivity contribution < 1.29 is 0 Å². The Morgan fingerprint density at radius 2 is 0.378 bits per heavy atom. The first kappa shape index (κ1) is 49.1. The molecule has 8 N–H and O–H groups in total. The highest BCUT2D eigenvalue weighted by Gasteiger charge is 2.18. The van der Waals surface area contributed by atoms with Crippen molar-refractivity contribution in [2.45, 2.75) is 0 Å². The first-order chi connectivity index (χ1) is 44.4. The van der Waals surface area contributed by atoms with E-state index in [9.17, 15) is 0 Å². The number of aromatic amines is 8. The van der Waals surface area contributed by atoms with Gasteiger partial charge in [-0.1, -0.05) is 48.5 Å². The summed E-state index contributed by atoms with van der Waals surface area (Å²) in [6.45, 7) is 0. The Bertz CT molecular complexity index is 5680. The lowest BCUT2D eigenvalue weighted by Gasteiger charge is -2.01. The van der Waals surface area contributed by atoms with Crippen molar-refractivity contribution in [3.63, 3.8) is 0 Å². The van der Waals surface area contributed by atoms with Crippen LogP contribution in [0.2, 0.25) is 0 Å². The van der Waals surface area contributed by atoms with E-state index in [-0.39, 0.29) is 0 Å². The van der Waals surface area contributed by atoms with Crippen LogP contribution < -0.4 is 0 Å². The number of nitrogens with zero attached hydrogens (tertiary/aromatic N) is 14. The Morgan fingerprint density at radius 3 is 0.578 bits per heavy atom. The molecule has 0 amide bonds. The molecule has 0 aliphatic heterocycles. The van der Waals surface area contributed by atoms with Gasteiger partial charge in [0.1, 0.15) is 34.2 Å². The molecule has 0 radical (unpaired) electrons. The second kappa shape index (κ2) is 19.1. The number of hydrogen-bond donors (Lipinski definition) is 8. The van der Waals surface area contributed by atoms with E-state index in [2.05, 4.69) is 147 Å². The fraction of sp³-hybridized carbons (Fsp3) is 0. The molecular weight excluding hydrogens is 1120 g/mol. The van der Waals surface area contributed by atoms with E-state index in [1.54, 1.807) is 49.8 Å². The third kappa shape index (κ3) is 8.35. The average Bonchev–Trinajstić information content (AvgIpc) is 3.15. The normalized spacial score (nSPS) is 12.0. The van der Waals surface area contributed by atoms with Crippen LogP contribution in [-0.4, -0.2) is 110 Å². The first-order valence-electron chi connectivity index (χ1n) is 28.8. The van der Waals surface area contributed by atoms with Gasteiger partial charge in [-0.3, -0.25) is 0 Å². The Labute approximate surface area is 504 Å². The van der Waals surface area contributed by atoms with Crippen molar-refractivity contribution in [3.8, 4) is 114 Å². The average molecular weight is 1170 g/mol. The molecule has 11 aromatic heterocycles. The summed E-state index contributed by atoms with van der Waals surface area (Å²) in [5.74, 6) is 3.69. The van der Waals surface area contributed by atoms with Crippen LogP contribution in [0.1, 0.15) is 0 Å². The SMILES string of the molecule is c1nc2cc(-c3ccc4[nH]c(-c5cnc(-c6nc7cc(-c8ccc9[nH]c(-c%10cnc(-c%11nc%12cc(-c%13ccc%14[nH]c(-c%15cnc(-c%16nc%17cc(-c%18ccc%19[nH]cnc%19c%18)ccc%17[nH]%16)cn%15)nc%14c%13)ccc%12[nH]%11)cn%10)nc9c8)ccc7[nH]6)cn5)nc4c3)ccc2[nH]1. The first-order valence-corrected chi connectivity index (χ1v) is 28.8. The van der Waals surface area contributed by atoms with E-state index in [1.807, 2.05) is 48.5 Å². The fourth-order valence-corrected chi connectivity index (χ4v) is 11.8. The third-order valence-corrected chi connectivity index (χ3v) is 16.5. The molecule has 0 saturated carbocycles. The molecule has 8 aromatic carbocycles. The number of imidazole rings is 8. The summed E-state index contributed by atoms with van der Waals surface area (Å²) in [6, 6.07) is 49.3. The van der Waals surface area contributed by atoms with Gasteiger partial charge in [-0.25, -0.2) is 69.8 Å². The third-order valence-electron chi connectivity index (χ3n) is 16.5. The second-order valence-corrected chi connectivity index (χ2v) is 22.0. The van der Waals surface area contributed by atoms with E-state index in [0.29, 0.717) is 69.1 Å². The number of rotatable bonds is 10. The second-order valence-electron chi connectivity index (χ2n) is 22.0. The number of benzene rings is 8. The molecule has 22 heteroatoms. The number of nitrogens with one attached hydrogen (secondary N) is 8. The molecule has 0 fully saturated rings. The van der Waals surface area contributed by atoms with Gasteiger partial charge in [0.25, 0.3) is 0 Å². The molecule has 22 nitrogen and oxygen atoms in total. The van der Waals surface area contributed by atoms with Crippen LogP contribution >= 0.6 is 0 Å². The van der Waals surface area contributed by atoms with E-state index < -0.39 is 0 Å². The minimum absolute atomic E-state index is 0.599. The van der Waals surface area contributed by atoms with Crippen LogP contribution in [-0.2, 0) is 0 Å². The van der Waals surface area contributed by atoms with Crippen molar-refractivity contribution >= 4 is 88.3 Å². The largest absolute Gasteiger partial charge is 0.345 e. The Morgan fingerprint density at radius 1 is 0.189 bits per heavy atom. The molecule has 0 unspecified atom stereocenters. The lowest BCUT2D eigenvalue weighted by Crippen LogP contribution is -1.91. The van der Waals surface area contributed by atoms with Crippen molar-refractivity contribution in [2.75, 3.05) is 0 Å². The van der Waals surface area contributed by atoms with Gasteiger partial charge in [0.2, 0.25) is 0 Å². The molecule has 0 aliphatic carbocycles. The number of aromatic nitrogens is 22. The lowest BCUT2D eigenvalue weighted by atomic mass is 10.0. The summed E-state index contributed by atoms with van der Waals surface area (Å²) < 4.78 is 0. The molecule has 11 heterocycles. The van der Waals surface area contributed by atoms with Gasteiger partial charge >= 0.3 is 0 Å². The number of fused-ring (bicyclic) bond motifs is 8. The lowest BCUT2D eigenvalue weighted by molar-refractivity contribution is 1.14. The zero-order valence-electron chi connectivity index (χ0n) is 46.7. The molecule has 0 atom stereocenters. The quantitative estimate of drug-likeness (QED) is 0.0632. The van der Waals surface area contributed by atoms with Gasteiger partial charge < -0.3 is 39.9 Å². The molecule has 90 heavy (non-hydrogen) atoms. The van der Waals surface area contributed by atoms with E-state index in [1.165, 1.54) is 0 Å². The van der Waals surface area contributed by atoms with Gasteiger partial charge in [-0.2, -0.15) is 0 Å². The topological polar surface area (TPSA) is 307 Å². The predicted molar refractivity (Wildman–Crippen MR) is 345 cm³/mol. The maximum Gasteiger partial charge on any atom is 0.158 e. The van der Waals surface area contributed by atoms with Gasteiger partial charge in [-0.05, 0) is 142 Å². The molecule has 19 rings (SSSR count). The number of H-pyrrole nitrogens is 8. The highest BCUT2D eigenvalue weighted by molar-refractivity contribution is 5.93. The summed E-state index contributed by atoms with van der Waals surface area (Å²) in [5, 5.41) is 0. The number of hydrogen-bond acceptors (Lipinski definition) is 14. The van der Waals surface area contributed by atoms with Crippen molar-refractivity contribution in [1.82, 2.24) is 110 Å². The minimum atomic E-state index is 0.599. The highest BCUT2D eigenvalue weighted by Crippen LogP contribution is 2.34. The Hall–Kier alpha value is -13.2. The summed E-state index contributed by atoms with van der Waals surface area (Å²) in [7, 11) is 0. The van der Waals surface area contributed by atoms with Crippen LogP contribution in [0.3, 0.4) is 0 Å². The maximum absolute atomic E-state index is 4.94. The molecular formula is C68H40N22. The van der Waals surface area contributed by atoms with Crippen LogP contribution in [0.25, 0.3) is 202 Å². The monoisotopic (exact) mass is 1160 g/mol. The molecule has 0 bridgehead atoms. The van der Waals surface area contributed by atoms with Gasteiger partial charge in [-0.15, -0.1) is 0 Å². The Balaban J connectivity index is 0.518. The van der Waals surface area contributed by atoms with Crippen LogP contribution in [0.4, 0.5) is 0 Å². The zero-order chi connectivity index (χ0) is 59.0. The van der Waals surface area contributed by atoms with Crippen molar-refractivity contribution in [2.24, 2.45) is 0 Å². The van der Waals surface area contributed by atoms with Crippen molar-refractivity contribution in [3.05, 3.63) is 195 Å². The molecule has 422 valence electrons. The maximum atomic E-state index is 4.94. The minimum Gasteiger partial charge on any atom is -0.345 e. The van der Waals surface area contributed by atoms with E-state index in [4.69, 9.17) is 59.8 Å². The van der Waals surface area contributed by atoms with Crippen LogP contribution in [0.5, 0.6) is 0 Å². The summed E-state index contributed by atoms with van der Waals surface area (Å²) in [4.78, 5) is 93.5. The van der Waals surface area contributed by atoms with Gasteiger partial charge in [0.05, 0.1) is 138 Å². The molecule has 0 spiro atoms. The summed E-state index contributed by atoms with van der Waals surface area (Å²) in [6.07, 6.45) is 13.7. The molecule has 0 aliphatic rings. The van der Waals surface area contributed by atoms with Gasteiger partial charge in [0.15, 0.2) is 34.9 Å². The Kier molecular flexibility index (Phi) is 10.4. The molecule has 19 aromatic rings. The van der Waals surface area contributed by atoms with Gasteiger partial charge in [0, 0.05) is 0 Å². The smallest absolute Gasteiger partial charge is 0.158 e. The highest BCUT2D eigenvalue weighted by atomic mass is 15.0. The van der Waals surface area contributed by atoms with Crippen LogP contribution in [0, 0.1) is 0 Å². The van der Waals surface area contributed by atoms with Crippen molar-refractivity contribution in [1.29, 1.82) is 0 Å². The fourth-order valence-electron chi connectivity index (χ4n) is 11.8. The zero-order valence-corrected chi connectivity index (χ0v) is 46.7. The van der Waals surface area contributed by atoms with Crippen LogP contribution in [0.15, 0.2) is 195 Å². The summed E-state index contributed by atoms with van der Waals surface area (Å²) >= 11 is 0. The standard InChI is InChI=1S/C68H40N22/c1-9-41-49(77-31-75-41)17-33(1)35-3-11-43-51(19-35)85-63(79-43)57-25-71-59(27-69-57)65-81-45-13-5-37(21-53(45)87-65)39-7-15-47-55(23-39)89-67(83-47)61-29-74-62(30-73-61)68-84-48-16-8-40(24-56(48)90-68)38-6-14-46-54(22-38)88-66(82-46)60-28-70-58(26-72-60)64-80-44-12-4-36(20-52(44)86-64)34-2-10-42-50(18-34)78-32-76-42/h1-32H,(H,75,77)(H,76,78)(H,79,85)(H,80,86)(H,81,87)(H,82,88)(H,83,89)(H,84,90). The molecule has 0 saturated heterocycles. The van der Waals surface area contributed by atoms with E-state index in [0.717, 1.165) is 133 Å².